The molecule has 1 atom stereocenters. The lowest BCUT2D eigenvalue weighted by atomic mass is 9.86. The average Bonchev–Trinajstić information content (AvgIpc) is 2.53. The maximum absolute atomic E-state index is 10.1. The highest BCUT2D eigenvalue weighted by Gasteiger charge is 2.13. The third-order valence-electron chi connectivity index (χ3n) is 4.11. The van der Waals surface area contributed by atoms with Crippen molar-refractivity contribution in [1.29, 1.82) is 0 Å². The average molecular weight is 311 g/mol. The van der Waals surface area contributed by atoms with Gasteiger partial charge in [0.2, 0.25) is 0 Å². The second kappa shape index (κ2) is 8.28. The SMILES string of the molecule is CC(C)(C)c1cccc(CNCC(O)CCc2ccccc2)c1. The number of hydrogen-bond acceptors (Lipinski definition) is 2. The van der Waals surface area contributed by atoms with E-state index in [0.717, 1.165) is 19.4 Å². The molecule has 0 saturated carbocycles. The van der Waals surface area contributed by atoms with Gasteiger partial charge in [0.1, 0.15) is 0 Å². The summed E-state index contributed by atoms with van der Waals surface area (Å²) in [4.78, 5) is 0. The number of rotatable bonds is 7. The molecule has 0 bridgehead atoms. The summed E-state index contributed by atoms with van der Waals surface area (Å²) in [6.45, 7) is 8.12. The lowest BCUT2D eigenvalue weighted by molar-refractivity contribution is 0.161. The summed E-state index contributed by atoms with van der Waals surface area (Å²) >= 11 is 0. The number of aliphatic hydroxyl groups is 1. The second-order valence-corrected chi connectivity index (χ2v) is 7.26. The molecule has 0 aliphatic rings. The van der Waals surface area contributed by atoms with E-state index < -0.39 is 0 Å². The van der Waals surface area contributed by atoms with Crippen molar-refractivity contribution in [2.24, 2.45) is 0 Å². The summed E-state index contributed by atoms with van der Waals surface area (Å²) in [5.41, 5.74) is 4.07. The molecule has 0 spiro atoms. The van der Waals surface area contributed by atoms with Crippen LogP contribution >= 0.6 is 0 Å². The van der Waals surface area contributed by atoms with E-state index in [1.807, 2.05) is 18.2 Å². The van der Waals surface area contributed by atoms with Gasteiger partial charge in [-0.15, -0.1) is 0 Å². The van der Waals surface area contributed by atoms with Gasteiger partial charge < -0.3 is 10.4 Å². The molecule has 23 heavy (non-hydrogen) atoms. The fraction of sp³-hybridized carbons (Fsp3) is 0.429. The number of benzene rings is 2. The van der Waals surface area contributed by atoms with Crippen molar-refractivity contribution < 1.29 is 5.11 Å². The van der Waals surface area contributed by atoms with Crippen molar-refractivity contribution in [2.45, 2.75) is 51.7 Å². The van der Waals surface area contributed by atoms with Gasteiger partial charge in [-0.1, -0.05) is 75.4 Å². The van der Waals surface area contributed by atoms with Crippen molar-refractivity contribution >= 4 is 0 Å². The molecule has 0 aliphatic carbocycles. The standard InChI is InChI=1S/C21H29NO/c1-21(2,3)19-11-7-10-18(14-19)15-22-16-20(23)13-12-17-8-5-4-6-9-17/h4-11,14,20,22-23H,12-13,15-16H2,1-3H3. The minimum Gasteiger partial charge on any atom is -0.392 e. The van der Waals surface area contributed by atoms with Gasteiger partial charge in [0.15, 0.2) is 0 Å². The molecule has 0 saturated heterocycles. The smallest absolute Gasteiger partial charge is 0.0667 e. The quantitative estimate of drug-likeness (QED) is 0.808. The van der Waals surface area contributed by atoms with Crippen molar-refractivity contribution in [3.05, 3.63) is 71.3 Å². The summed E-state index contributed by atoms with van der Waals surface area (Å²) < 4.78 is 0. The van der Waals surface area contributed by atoms with Crippen molar-refractivity contribution in [3.63, 3.8) is 0 Å². The molecule has 0 fully saturated rings. The first-order chi connectivity index (χ1) is 10.9. The zero-order valence-corrected chi connectivity index (χ0v) is 14.5. The van der Waals surface area contributed by atoms with E-state index in [1.54, 1.807) is 0 Å². The van der Waals surface area contributed by atoms with Crippen LogP contribution < -0.4 is 5.32 Å². The molecular weight excluding hydrogens is 282 g/mol. The van der Waals surface area contributed by atoms with Crippen LogP contribution in [-0.2, 0) is 18.4 Å². The summed E-state index contributed by atoms with van der Waals surface area (Å²) in [7, 11) is 0. The summed E-state index contributed by atoms with van der Waals surface area (Å²) in [5.74, 6) is 0. The van der Waals surface area contributed by atoms with Crippen molar-refractivity contribution in [2.75, 3.05) is 6.54 Å². The Bertz CT molecular complexity index is 586. The Balaban J connectivity index is 1.74. The molecule has 0 amide bonds. The first-order valence-corrected chi connectivity index (χ1v) is 8.47. The second-order valence-electron chi connectivity index (χ2n) is 7.26. The zero-order valence-electron chi connectivity index (χ0n) is 14.5. The van der Waals surface area contributed by atoms with Gasteiger partial charge in [0.05, 0.1) is 6.10 Å². The molecule has 2 N–H and O–H groups in total. The van der Waals surface area contributed by atoms with Crippen LogP contribution in [0.3, 0.4) is 0 Å². The van der Waals surface area contributed by atoms with Gasteiger partial charge in [-0.3, -0.25) is 0 Å². The summed E-state index contributed by atoms with van der Waals surface area (Å²) in [6, 6.07) is 19.0. The molecule has 2 nitrogen and oxygen atoms in total. The summed E-state index contributed by atoms with van der Waals surface area (Å²) in [5, 5.41) is 13.5. The highest BCUT2D eigenvalue weighted by Crippen LogP contribution is 2.22. The Morgan fingerprint density at radius 1 is 0.957 bits per heavy atom. The molecule has 0 aromatic heterocycles. The Morgan fingerprint density at radius 3 is 2.35 bits per heavy atom. The molecular formula is C21H29NO. The van der Waals surface area contributed by atoms with E-state index in [9.17, 15) is 5.11 Å². The maximum Gasteiger partial charge on any atom is 0.0667 e. The molecule has 0 heterocycles. The number of aryl methyl sites for hydroxylation is 1. The van der Waals surface area contributed by atoms with Crippen LogP contribution in [0.25, 0.3) is 0 Å². The third kappa shape index (κ3) is 6.17. The summed E-state index contributed by atoms with van der Waals surface area (Å²) in [6.07, 6.45) is 1.41. The van der Waals surface area contributed by atoms with E-state index in [4.69, 9.17) is 0 Å². The number of aliphatic hydroxyl groups excluding tert-OH is 1. The highest BCUT2D eigenvalue weighted by molar-refractivity contribution is 5.28. The lowest BCUT2D eigenvalue weighted by Gasteiger charge is -2.20. The largest absolute Gasteiger partial charge is 0.392 e. The van der Waals surface area contributed by atoms with Crippen LogP contribution in [0.4, 0.5) is 0 Å². The Morgan fingerprint density at radius 2 is 1.65 bits per heavy atom. The Labute approximate surface area is 140 Å². The monoisotopic (exact) mass is 311 g/mol. The van der Waals surface area contributed by atoms with E-state index in [0.29, 0.717) is 6.54 Å². The number of nitrogens with one attached hydrogen (secondary N) is 1. The predicted molar refractivity (Wildman–Crippen MR) is 97.6 cm³/mol. The van der Waals surface area contributed by atoms with Crippen LogP contribution in [0, 0.1) is 0 Å². The normalized spacial score (nSPS) is 13.0. The van der Waals surface area contributed by atoms with Gasteiger partial charge in [0.25, 0.3) is 0 Å². The van der Waals surface area contributed by atoms with Crippen LogP contribution in [0.15, 0.2) is 54.6 Å². The van der Waals surface area contributed by atoms with Gasteiger partial charge in [-0.2, -0.15) is 0 Å². The molecule has 0 radical (unpaired) electrons. The molecule has 2 rings (SSSR count). The van der Waals surface area contributed by atoms with Gasteiger partial charge in [0, 0.05) is 13.1 Å². The molecule has 2 aromatic carbocycles. The predicted octanol–water partition coefficient (Wildman–Crippen LogP) is 4.07. The van der Waals surface area contributed by atoms with Gasteiger partial charge in [-0.05, 0) is 34.9 Å². The molecule has 1 unspecified atom stereocenters. The molecule has 0 aliphatic heterocycles. The highest BCUT2D eigenvalue weighted by atomic mass is 16.3. The van der Waals surface area contributed by atoms with Crippen molar-refractivity contribution in [1.82, 2.24) is 5.32 Å². The maximum atomic E-state index is 10.1. The van der Waals surface area contributed by atoms with Crippen LogP contribution in [0.2, 0.25) is 0 Å². The van der Waals surface area contributed by atoms with E-state index in [2.05, 4.69) is 62.5 Å². The zero-order chi connectivity index (χ0) is 16.7. The van der Waals surface area contributed by atoms with Gasteiger partial charge >= 0.3 is 0 Å². The fourth-order valence-corrected chi connectivity index (χ4v) is 2.61. The van der Waals surface area contributed by atoms with E-state index >= 15 is 0 Å². The Hall–Kier alpha value is -1.64. The number of hydrogen-bond donors (Lipinski definition) is 2. The van der Waals surface area contributed by atoms with Crippen LogP contribution in [0.1, 0.15) is 43.9 Å². The van der Waals surface area contributed by atoms with Crippen molar-refractivity contribution in [3.8, 4) is 0 Å². The third-order valence-corrected chi connectivity index (χ3v) is 4.11. The van der Waals surface area contributed by atoms with Gasteiger partial charge in [-0.25, -0.2) is 0 Å². The van der Waals surface area contributed by atoms with Crippen LogP contribution in [-0.4, -0.2) is 17.8 Å². The minimum absolute atomic E-state index is 0.172. The Kier molecular flexibility index (Phi) is 6.37. The minimum atomic E-state index is -0.305. The molecule has 2 heteroatoms. The van der Waals surface area contributed by atoms with E-state index in [1.165, 1.54) is 16.7 Å². The molecule has 2 aromatic rings. The fourth-order valence-electron chi connectivity index (χ4n) is 2.61. The first-order valence-electron chi connectivity index (χ1n) is 8.47. The first kappa shape index (κ1) is 17.7. The topological polar surface area (TPSA) is 32.3 Å². The lowest BCUT2D eigenvalue weighted by Crippen LogP contribution is -2.27. The van der Waals surface area contributed by atoms with Crippen LogP contribution in [0.5, 0.6) is 0 Å². The van der Waals surface area contributed by atoms with E-state index in [-0.39, 0.29) is 11.5 Å². The molecule has 124 valence electrons.